The lowest BCUT2D eigenvalue weighted by Crippen LogP contribution is -2.30. The van der Waals surface area contributed by atoms with E-state index in [0.29, 0.717) is 19.5 Å². The molecule has 2 aliphatic rings. The Kier molecular flexibility index (Phi) is 5.48. The van der Waals surface area contributed by atoms with Crippen molar-refractivity contribution >= 4 is 5.91 Å². The Labute approximate surface area is 192 Å². The Morgan fingerprint density at radius 2 is 1.85 bits per heavy atom. The summed E-state index contributed by atoms with van der Waals surface area (Å²) < 4.78 is 45.4. The van der Waals surface area contributed by atoms with Gasteiger partial charge in [-0.15, -0.1) is 0 Å². The van der Waals surface area contributed by atoms with Crippen LogP contribution in [-0.4, -0.2) is 38.7 Å². The maximum absolute atomic E-state index is 15.1. The van der Waals surface area contributed by atoms with E-state index in [1.165, 1.54) is 12.1 Å². The number of nitrogens with zero attached hydrogens (tertiary/aromatic N) is 4. The Morgan fingerprint density at radius 1 is 1.12 bits per heavy atom. The van der Waals surface area contributed by atoms with Gasteiger partial charge in [-0.1, -0.05) is 6.07 Å². The van der Waals surface area contributed by atoms with Crippen molar-refractivity contribution in [2.45, 2.75) is 25.7 Å². The zero-order valence-corrected chi connectivity index (χ0v) is 18.0. The molecule has 1 aliphatic carbocycles. The van der Waals surface area contributed by atoms with Gasteiger partial charge in [0.05, 0.1) is 11.6 Å². The fourth-order valence-corrected chi connectivity index (χ4v) is 4.50. The average Bonchev–Trinajstić information content (AvgIpc) is 3.47. The van der Waals surface area contributed by atoms with Crippen LogP contribution in [0.3, 0.4) is 0 Å². The molecule has 174 valence electrons. The van der Waals surface area contributed by atoms with Gasteiger partial charge in [-0.25, -0.2) is 27.6 Å². The van der Waals surface area contributed by atoms with E-state index in [1.54, 1.807) is 11.0 Å². The molecule has 1 aliphatic heterocycles. The molecule has 2 aromatic carbocycles. The number of carbonyl (C=O) groups is 1. The standard InChI is InChI=1S/C24H20F3N5O2/c25-18-7-13(11-28)1-4-17(18)16-9-19(26)22(20(27)10-16)32-21(29-30-24(32)34)8-14-5-6-31(12-14)23(33)15-2-3-15/h1,4,7,9-10,14-15H,2-3,5-6,8,12H2,(H,30,34)/t14-/m0/s1. The predicted molar refractivity (Wildman–Crippen MR) is 115 cm³/mol. The van der Waals surface area contributed by atoms with Gasteiger partial charge in [0.1, 0.15) is 17.3 Å². The lowest BCUT2D eigenvalue weighted by Gasteiger charge is -2.16. The fourth-order valence-electron chi connectivity index (χ4n) is 4.50. The summed E-state index contributed by atoms with van der Waals surface area (Å²) in [5.41, 5.74) is -1.46. The van der Waals surface area contributed by atoms with Crippen LogP contribution >= 0.6 is 0 Å². The molecule has 10 heteroatoms. The van der Waals surface area contributed by atoms with Crippen molar-refractivity contribution in [1.82, 2.24) is 19.7 Å². The van der Waals surface area contributed by atoms with Crippen molar-refractivity contribution in [2.24, 2.45) is 11.8 Å². The topological polar surface area (TPSA) is 94.8 Å². The zero-order valence-electron chi connectivity index (χ0n) is 18.0. The SMILES string of the molecule is N#Cc1ccc(-c2cc(F)c(-n3c(C[C@@H]4CCN(C(=O)C5CC5)C4)n[nH]c3=O)c(F)c2)c(F)c1. The van der Waals surface area contributed by atoms with Gasteiger partial charge in [0.15, 0.2) is 11.6 Å². The third-order valence-electron chi connectivity index (χ3n) is 6.39. The fraction of sp³-hybridized carbons (Fsp3) is 0.333. The Balaban J connectivity index is 1.44. The molecule has 7 nitrogen and oxygen atoms in total. The Morgan fingerprint density at radius 3 is 2.50 bits per heavy atom. The number of aromatic amines is 1. The molecule has 1 amide bonds. The first-order valence-electron chi connectivity index (χ1n) is 11.0. The first-order chi connectivity index (χ1) is 16.4. The van der Waals surface area contributed by atoms with Crippen molar-refractivity contribution in [3.05, 3.63) is 69.7 Å². The highest BCUT2D eigenvalue weighted by molar-refractivity contribution is 5.81. The van der Waals surface area contributed by atoms with E-state index in [4.69, 9.17) is 5.26 Å². The summed E-state index contributed by atoms with van der Waals surface area (Å²) in [6, 6.07) is 7.28. The van der Waals surface area contributed by atoms with E-state index in [9.17, 15) is 14.0 Å². The molecule has 1 N–H and O–H groups in total. The molecule has 1 saturated heterocycles. The molecule has 1 atom stereocenters. The molecule has 0 unspecified atom stereocenters. The highest BCUT2D eigenvalue weighted by Crippen LogP contribution is 2.34. The van der Waals surface area contributed by atoms with Crippen LogP contribution in [0.2, 0.25) is 0 Å². The molecule has 5 rings (SSSR count). The van der Waals surface area contributed by atoms with Gasteiger partial charge in [0.25, 0.3) is 0 Å². The molecular weight excluding hydrogens is 447 g/mol. The number of halogens is 3. The summed E-state index contributed by atoms with van der Waals surface area (Å²) in [5, 5.41) is 15.1. The summed E-state index contributed by atoms with van der Waals surface area (Å²) in [6.07, 6.45) is 2.80. The molecule has 0 bridgehead atoms. The number of hydrogen-bond donors (Lipinski definition) is 1. The lowest BCUT2D eigenvalue weighted by atomic mass is 10.0. The van der Waals surface area contributed by atoms with Crippen LogP contribution < -0.4 is 5.69 Å². The van der Waals surface area contributed by atoms with Crippen molar-refractivity contribution in [2.75, 3.05) is 13.1 Å². The van der Waals surface area contributed by atoms with Crippen LogP contribution in [0.4, 0.5) is 13.2 Å². The van der Waals surface area contributed by atoms with E-state index in [1.807, 2.05) is 0 Å². The lowest BCUT2D eigenvalue weighted by molar-refractivity contribution is -0.131. The minimum absolute atomic E-state index is 0.00907. The van der Waals surface area contributed by atoms with Gasteiger partial charge in [-0.05, 0) is 55.0 Å². The number of rotatable bonds is 5. The summed E-state index contributed by atoms with van der Waals surface area (Å²) in [4.78, 5) is 26.5. The highest BCUT2D eigenvalue weighted by Gasteiger charge is 2.37. The molecule has 34 heavy (non-hydrogen) atoms. The minimum Gasteiger partial charge on any atom is -0.342 e. The van der Waals surface area contributed by atoms with E-state index in [2.05, 4.69) is 10.2 Å². The van der Waals surface area contributed by atoms with Crippen molar-refractivity contribution in [3.8, 4) is 22.9 Å². The van der Waals surface area contributed by atoms with E-state index < -0.39 is 28.8 Å². The first kappa shape index (κ1) is 21.9. The van der Waals surface area contributed by atoms with E-state index in [-0.39, 0.29) is 46.7 Å². The van der Waals surface area contributed by atoms with Crippen LogP contribution in [0.5, 0.6) is 0 Å². The zero-order chi connectivity index (χ0) is 24.0. The van der Waals surface area contributed by atoms with Gasteiger partial charge in [-0.2, -0.15) is 10.4 Å². The highest BCUT2D eigenvalue weighted by atomic mass is 19.1. The van der Waals surface area contributed by atoms with E-state index >= 15 is 8.78 Å². The molecule has 2 heterocycles. The normalized spacial score (nSPS) is 17.7. The summed E-state index contributed by atoms with van der Waals surface area (Å²) >= 11 is 0. The molecule has 1 saturated carbocycles. The number of carbonyl (C=O) groups excluding carboxylic acids is 1. The van der Waals surface area contributed by atoms with Crippen LogP contribution in [0, 0.1) is 40.6 Å². The van der Waals surface area contributed by atoms with Crippen molar-refractivity contribution in [3.63, 3.8) is 0 Å². The molecular formula is C24H20F3N5O2. The molecule has 0 radical (unpaired) electrons. The third-order valence-corrected chi connectivity index (χ3v) is 6.39. The van der Waals surface area contributed by atoms with Gasteiger partial charge in [-0.3, -0.25) is 4.79 Å². The number of nitriles is 1. The average molecular weight is 467 g/mol. The van der Waals surface area contributed by atoms with Gasteiger partial charge >= 0.3 is 5.69 Å². The van der Waals surface area contributed by atoms with Crippen molar-refractivity contribution in [1.29, 1.82) is 5.26 Å². The number of benzene rings is 2. The van der Waals surface area contributed by atoms with Gasteiger partial charge in [0.2, 0.25) is 5.91 Å². The summed E-state index contributed by atoms with van der Waals surface area (Å²) in [7, 11) is 0. The predicted octanol–water partition coefficient (Wildman–Crippen LogP) is 3.32. The number of aromatic nitrogens is 3. The second-order valence-corrected chi connectivity index (χ2v) is 8.79. The van der Waals surface area contributed by atoms with E-state index in [0.717, 1.165) is 35.6 Å². The first-order valence-corrected chi connectivity index (χ1v) is 11.0. The number of nitrogens with one attached hydrogen (secondary N) is 1. The third kappa shape index (κ3) is 3.98. The van der Waals surface area contributed by atoms with Crippen molar-refractivity contribution < 1.29 is 18.0 Å². The Hall–Kier alpha value is -3.87. The smallest absolute Gasteiger partial charge is 0.342 e. The molecule has 0 spiro atoms. The minimum atomic E-state index is -1.06. The largest absolute Gasteiger partial charge is 0.348 e. The van der Waals surface area contributed by atoms with Gasteiger partial charge in [0, 0.05) is 31.0 Å². The monoisotopic (exact) mass is 467 g/mol. The number of amides is 1. The maximum Gasteiger partial charge on any atom is 0.348 e. The van der Waals surface area contributed by atoms with Crippen LogP contribution in [0.15, 0.2) is 35.1 Å². The second-order valence-electron chi connectivity index (χ2n) is 8.79. The molecule has 1 aromatic heterocycles. The second kappa shape index (κ2) is 8.48. The molecule has 3 aromatic rings. The molecule has 2 fully saturated rings. The quantitative estimate of drug-likeness (QED) is 0.623. The van der Waals surface area contributed by atoms with Crippen LogP contribution in [-0.2, 0) is 11.2 Å². The van der Waals surface area contributed by atoms with Crippen LogP contribution in [0.1, 0.15) is 30.7 Å². The van der Waals surface area contributed by atoms with Crippen LogP contribution in [0.25, 0.3) is 16.8 Å². The Bertz CT molecular complexity index is 1360. The van der Waals surface area contributed by atoms with Gasteiger partial charge < -0.3 is 4.90 Å². The summed E-state index contributed by atoms with van der Waals surface area (Å²) in [5.74, 6) is -2.48. The number of H-pyrrole nitrogens is 1. The summed E-state index contributed by atoms with van der Waals surface area (Å²) in [6.45, 7) is 1.13. The number of hydrogen-bond acceptors (Lipinski definition) is 4. The number of likely N-dealkylation sites (tertiary alicyclic amines) is 1. The maximum atomic E-state index is 15.1.